The Balaban J connectivity index is 2.18. The predicted molar refractivity (Wildman–Crippen MR) is 77.8 cm³/mol. The minimum atomic E-state index is -0.313. The Morgan fingerprint density at radius 2 is 2.15 bits per heavy atom. The maximum absolute atomic E-state index is 13.1. The molecule has 5 heteroatoms. The molecule has 0 amide bonds. The van der Waals surface area contributed by atoms with Crippen LogP contribution in [0.25, 0.3) is 0 Å². The third kappa shape index (κ3) is 3.31. The first kappa shape index (κ1) is 15.7. The first-order valence-electron chi connectivity index (χ1n) is 6.85. The summed E-state index contributed by atoms with van der Waals surface area (Å²) in [7, 11) is 3.65. The summed E-state index contributed by atoms with van der Waals surface area (Å²) in [5.41, 5.74) is 0.667. The number of nitrogens with one attached hydrogen (secondary N) is 1. The lowest BCUT2D eigenvalue weighted by atomic mass is 9.82. The fourth-order valence-corrected chi connectivity index (χ4v) is 3.11. The zero-order chi connectivity index (χ0) is 14.6. The summed E-state index contributed by atoms with van der Waals surface area (Å²) in [5, 5.41) is 3.78. The lowest BCUT2D eigenvalue weighted by Gasteiger charge is -2.42. The van der Waals surface area contributed by atoms with Gasteiger partial charge in [0.15, 0.2) is 0 Å². The number of ether oxygens (including phenoxy) is 2. The minimum Gasteiger partial charge on any atom is -0.381 e. The summed E-state index contributed by atoms with van der Waals surface area (Å²) >= 11 is 6.12. The molecule has 0 aromatic heterocycles. The normalized spacial score (nSPS) is 19.8. The van der Waals surface area contributed by atoms with Gasteiger partial charge in [0, 0.05) is 44.2 Å². The van der Waals surface area contributed by atoms with Gasteiger partial charge in [-0.05, 0) is 31.2 Å². The molecule has 1 aromatic carbocycles. The van der Waals surface area contributed by atoms with E-state index < -0.39 is 0 Å². The highest BCUT2D eigenvalue weighted by atomic mass is 35.5. The Morgan fingerprint density at radius 1 is 1.45 bits per heavy atom. The Labute approximate surface area is 124 Å². The van der Waals surface area contributed by atoms with Crippen molar-refractivity contribution in [1.82, 2.24) is 5.32 Å². The van der Waals surface area contributed by atoms with Crippen molar-refractivity contribution in [3.05, 3.63) is 34.6 Å². The highest BCUT2D eigenvalue weighted by Crippen LogP contribution is 2.31. The number of benzene rings is 1. The molecule has 0 saturated carbocycles. The molecule has 1 aliphatic rings. The van der Waals surface area contributed by atoms with Crippen LogP contribution >= 0.6 is 11.6 Å². The second-order valence-corrected chi connectivity index (χ2v) is 5.57. The van der Waals surface area contributed by atoms with Gasteiger partial charge in [-0.1, -0.05) is 17.7 Å². The zero-order valence-electron chi connectivity index (χ0n) is 11.9. The number of methoxy groups -OCH3 is 1. The second-order valence-electron chi connectivity index (χ2n) is 5.16. The van der Waals surface area contributed by atoms with Crippen molar-refractivity contribution in [2.75, 3.05) is 27.4 Å². The van der Waals surface area contributed by atoms with E-state index in [1.54, 1.807) is 13.2 Å². The Hall–Kier alpha value is -0.680. The van der Waals surface area contributed by atoms with Gasteiger partial charge in [0.1, 0.15) is 5.82 Å². The molecule has 0 bridgehead atoms. The van der Waals surface area contributed by atoms with Crippen molar-refractivity contribution < 1.29 is 13.9 Å². The van der Waals surface area contributed by atoms with E-state index >= 15 is 0 Å². The molecule has 1 N–H and O–H groups in total. The molecule has 1 fully saturated rings. The zero-order valence-corrected chi connectivity index (χ0v) is 12.7. The summed E-state index contributed by atoms with van der Waals surface area (Å²) in [6.45, 7) is 1.40. The average Bonchev–Trinajstić information content (AvgIpc) is 2.47. The predicted octanol–water partition coefficient (Wildman–Crippen LogP) is 2.81. The van der Waals surface area contributed by atoms with E-state index in [0.29, 0.717) is 24.7 Å². The SMILES string of the molecule is CNC(Cc1ccc(F)cc1Cl)C1(OC)CCOCC1. The molecule has 3 nitrogen and oxygen atoms in total. The highest BCUT2D eigenvalue weighted by molar-refractivity contribution is 6.31. The van der Waals surface area contributed by atoms with E-state index in [1.807, 2.05) is 7.05 Å². The van der Waals surface area contributed by atoms with Gasteiger partial charge in [0.05, 0.1) is 5.60 Å². The van der Waals surface area contributed by atoms with E-state index in [2.05, 4.69) is 5.32 Å². The summed E-state index contributed by atoms with van der Waals surface area (Å²) in [6, 6.07) is 4.65. The topological polar surface area (TPSA) is 30.5 Å². The molecule has 112 valence electrons. The lowest BCUT2D eigenvalue weighted by Crippen LogP contribution is -2.55. The maximum Gasteiger partial charge on any atom is 0.124 e. The quantitative estimate of drug-likeness (QED) is 0.907. The smallest absolute Gasteiger partial charge is 0.124 e. The number of likely N-dealkylation sites (N-methyl/N-ethyl adjacent to an activating group) is 1. The van der Waals surface area contributed by atoms with Crippen LogP contribution < -0.4 is 5.32 Å². The highest BCUT2D eigenvalue weighted by Gasteiger charge is 2.40. The summed E-state index contributed by atoms with van der Waals surface area (Å²) in [5.74, 6) is -0.313. The van der Waals surface area contributed by atoms with Gasteiger partial charge < -0.3 is 14.8 Å². The summed E-state index contributed by atoms with van der Waals surface area (Å²) < 4.78 is 24.4. The largest absolute Gasteiger partial charge is 0.381 e. The van der Waals surface area contributed by atoms with Gasteiger partial charge in [-0.25, -0.2) is 4.39 Å². The Kier molecular flexibility index (Phi) is 5.38. The number of hydrogen-bond acceptors (Lipinski definition) is 3. The van der Waals surface area contributed by atoms with E-state index in [4.69, 9.17) is 21.1 Å². The lowest BCUT2D eigenvalue weighted by molar-refractivity contribution is -0.109. The maximum atomic E-state index is 13.1. The molecule has 1 heterocycles. The molecular weight excluding hydrogens is 281 g/mol. The number of rotatable bonds is 5. The fraction of sp³-hybridized carbons (Fsp3) is 0.600. The summed E-state index contributed by atoms with van der Waals surface area (Å²) in [6.07, 6.45) is 2.38. The average molecular weight is 302 g/mol. The number of halogens is 2. The molecule has 1 atom stereocenters. The van der Waals surface area contributed by atoms with Crippen LogP contribution in [0.1, 0.15) is 18.4 Å². The van der Waals surface area contributed by atoms with Gasteiger partial charge in [0.25, 0.3) is 0 Å². The van der Waals surface area contributed by atoms with Gasteiger partial charge in [-0.15, -0.1) is 0 Å². The van der Waals surface area contributed by atoms with Gasteiger partial charge in [0.2, 0.25) is 0 Å². The van der Waals surface area contributed by atoms with E-state index in [9.17, 15) is 4.39 Å². The molecular formula is C15H21ClFNO2. The first-order chi connectivity index (χ1) is 9.61. The molecule has 1 unspecified atom stereocenters. The molecule has 2 rings (SSSR count). The molecule has 20 heavy (non-hydrogen) atoms. The van der Waals surface area contributed by atoms with Crippen molar-refractivity contribution in [3.63, 3.8) is 0 Å². The van der Waals surface area contributed by atoms with Crippen molar-refractivity contribution in [3.8, 4) is 0 Å². The molecule has 0 radical (unpaired) electrons. The molecule has 0 aliphatic carbocycles. The Bertz CT molecular complexity index is 449. The third-order valence-corrected chi connectivity index (χ3v) is 4.52. The molecule has 0 spiro atoms. The van der Waals surface area contributed by atoms with Gasteiger partial charge >= 0.3 is 0 Å². The fourth-order valence-electron chi connectivity index (χ4n) is 2.87. The molecule has 1 saturated heterocycles. The first-order valence-corrected chi connectivity index (χ1v) is 7.23. The van der Waals surface area contributed by atoms with Crippen molar-refractivity contribution in [2.45, 2.75) is 30.9 Å². The van der Waals surface area contributed by atoms with Crippen LogP contribution in [0.2, 0.25) is 5.02 Å². The van der Waals surface area contributed by atoms with Crippen molar-refractivity contribution in [2.24, 2.45) is 0 Å². The van der Waals surface area contributed by atoms with E-state index in [1.165, 1.54) is 12.1 Å². The van der Waals surface area contributed by atoms with E-state index in [-0.39, 0.29) is 17.5 Å². The van der Waals surface area contributed by atoms with Crippen LogP contribution in [0.3, 0.4) is 0 Å². The van der Waals surface area contributed by atoms with Crippen LogP contribution in [0.5, 0.6) is 0 Å². The van der Waals surface area contributed by atoms with Crippen LogP contribution in [0.4, 0.5) is 4.39 Å². The van der Waals surface area contributed by atoms with Crippen molar-refractivity contribution >= 4 is 11.6 Å². The molecule has 1 aliphatic heterocycles. The van der Waals surface area contributed by atoms with Crippen LogP contribution in [-0.2, 0) is 15.9 Å². The Morgan fingerprint density at radius 3 is 2.70 bits per heavy atom. The van der Waals surface area contributed by atoms with Gasteiger partial charge in [-0.3, -0.25) is 0 Å². The van der Waals surface area contributed by atoms with Gasteiger partial charge in [-0.2, -0.15) is 0 Å². The van der Waals surface area contributed by atoms with Crippen LogP contribution in [0.15, 0.2) is 18.2 Å². The van der Waals surface area contributed by atoms with Crippen LogP contribution in [0, 0.1) is 5.82 Å². The monoisotopic (exact) mass is 301 g/mol. The van der Waals surface area contributed by atoms with Crippen LogP contribution in [-0.4, -0.2) is 39.0 Å². The van der Waals surface area contributed by atoms with E-state index in [0.717, 1.165) is 18.4 Å². The summed E-state index contributed by atoms with van der Waals surface area (Å²) in [4.78, 5) is 0. The van der Waals surface area contributed by atoms with Crippen molar-refractivity contribution in [1.29, 1.82) is 0 Å². The second kappa shape index (κ2) is 6.85. The standard InChI is InChI=1S/C15H21ClFNO2/c1-18-14(15(19-2)5-7-20-8-6-15)9-11-3-4-12(17)10-13(11)16/h3-4,10,14,18H,5-9H2,1-2H3. The molecule has 1 aromatic rings. The minimum absolute atomic E-state index is 0.111. The number of hydrogen-bond donors (Lipinski definition) is 1. The third-order valence-electron chi connectivity index (χ3n) is 4.17.